The molecule has 6 nitrogen and oxygen atoms in total. The Morgan fingerprint density at radius 3 is 2.13 bits per heavy atom. The zero-order chi connectivity index (χ0) is 37.5. The number of aliphatic hydroxyl groups excluding tert-OH is 1. The first-order valence-corrected chi connectivity index (χ1v) is 21.9. The summed E-state index contributed by atoms with van der Waals surface area (Å²) in [6.45, 7) is 25.8. The van der Waals surface area contributed by atoms with E-state index in [0.29, 0.717) is 5.71 Å². The van der Waals surface area contributed by atoms with Gasteiger partial charge in [-0.2, -0.15) is 0 Å². The van der Waals surface area contributed by atoms with Crippen molar-refractivity contribution >= 4 is 62.8 Å². The monoisotopic (exact) mass is 893 g/mol. The van der Waals surface area contributed by atoms with Gasteiger partial charge in [0, 0.05) is 59.2 Å². The number of carbonyl (C=O) groups excluding carboxylic acids is 1. The van der Waals surface area contributed by atoms with Gasteiger partial charge < -0.3 is 9.52 Å². The summed E-state index contributed by atoms with van der Waals surface area (Å²) < 4.78 is 6.26. The van der Waals surface area contributed by atoms with Crippen molar-refractivity contribution in [3.8, 4) is 11.3 Å². The first-order chi connectivity index (χ1) is 24.0. The van der Waals surface area contributed by atoms with Crippen LogP contribution in [0.15, 0.2) is 65.0 Å². The molecule has 277 valence electrons. The summed E-state index contributed by atoms with van der Waals surface area (Å²) >= 11 is 0. The summed E-state index contributed by atoms with van der Waals surface area (Å²) in [5, 5.41) is 17.1. The molecule has 3 aromatic heterocycles. The molecule has 0 amide bonds. The van der Waals surface area contributed by atoms with E-state index in [1.807, 2.05) is 66.7 Å². The number of aromatic nitrogens is 3. The third-order valence-corrected chi connectivity index (χ3v) is 13.7. The number of carbonyl (C=O) groups is 1. The van der Waals surface area contributed by atoms with Gasteiger partial charge in [-0.15, -0.1) is 18.2 Å². The van der Waals surface area contributed by atoms with Gasteiger partial charge in [-0.25, -0.2) is 9.97 Å². The molecule has 0 fully saturated rings. The fourth-order valence-corrected chi connectivity index (χ4v) is 9.82. The number of allylic oxidation sites excluding steroid dienone is 2. The Bertz CT molecular complexity index is 2290. The van der Waals surface area contributed by atoms with Crippen LogP contribution in [0.25, 0.3) is 55.0 Å². The average molecular weight is 893 g/mol. The predicted molar refractivity (Wildman–Crippen MR) is 217 cm³/mol. The molecule has 0 spiro atoms. The van der Waals surface area contributed by atoms with E-state index in [9.17, 15) is 9.90 Å². The number of aryl methyl sites for hydroxylation is 3. The van der Waals surface area contributed by atoms with Crippen LogP contribution in [-0.2, 0) is 24.9 Å². The second-order valence-corrected chi connectivity index (χ2v) is 20.7. The van der Waals surface area contributed by atoms with Crippen LogP contribution < -0.4 is 5.19 Å². The fourth-order valence-electron chi connectivity index (χ4n) is 7.31. The van der Waals surface area contributed by atoms with Gasteiger partial charge in [-0.05, 0) is 74.9 Å². The quantitative estimate of drug-likeness (QED) is 0.0511. The second kappa shape index (κ2) is 15.7. The van der Waals surface area contributed by atoms with Crippen molar-refractivity contribution in [1.29, 1.82) is 0 Å². The van der Waals surface area contributed by atoms with Gasteiger partial charge in [-0.1, -0.05) is 101 Å². The number of nitrogens with zero attached hydrogens (tertiary/aromatic N) is 3. The fraction of sp³-hybridized carbons (Fsp3) is 0.409. The molecule has 0 aliphatic rings. The summed E-state index contributed by atoms with van der Waals surface area (Å²) in [7, 11) is -1.54. The van der Waals surface area contributed by atoms with Crippen molar-refractivity contribution < 1.29 is 34.4 Å². The van der Waals surface area contributed by atoms with Gasteiger partial charge in [0.15, 0.2) is 5.78 Å². The third-order valence-electron chi connectivity index (χ3n) is 11.4. The topological polar surface area (TPSA) is 89.1 Å². The molecule has 0 saturated heterocycles. The minimum atomic E-state index is -1.54. The van der Waals surface area contributed by atoms with Crippen molar-refractivity contribution in [2.45, 2.75) is 108 Å². The van der Waals surface area contributed by atoms with E-state index in [-0.39, 0.29) is 42.5 Å². The molecule has 0 aliphatic carbocycles. The molecule has 6 rings (SSSR count). The van der Waals surface area contributed by atoms with E-state index in [0.717, 1.165) is 69.9 Å². The van der Waals surface area contributed by atoms with Gasteiger partial charge in [0.25, 0.3) is 0 Å². The summed E-state index contributed by atoms with van der Waals surface area (Å²) in [6, 6.07) is 18.1. The molecule has 0 saturated carbocycles. The van der Waals surface area contributed by atoms with E-state index in [2.05, 4.69) is 68.8 Å². The van der Waals surface area contributed by atoms with Crippen molar-refractivity contribution in [2.75, 3.05) is 0 Å². The van der Waals surface area contributed by atoms with Crippen LogP contribution in [0.5, 0.6) is 0 Å². The Kier molecular flexibility index (Phi) is 12.4. The third kappa shape index (κ3) is 7.53. The molecule has 1 radical (unpaired) electrons. The number of fused-ring (bicyclic) bond motifs is 6. The molecular weight excluding hydrogens is 839 g/mol. The molecule has 0 unspecified atom stereocenters. The molecule has 0 atom stereocenters. The van der Waals surface area contributed by atoms with Crippen LogP contribution in [0.4, 0.5) is 0 Å². The zero-order valence-electron chi connectivity index (χ0n) is 33.0. The number of hydrogen-bond acceptors (Lipinski definition) is 6. The van der Waals surface area contributed by atoms with Crippen molar-refractivity contribution in [3.05, 3.63) is 83.5 Å². The standard InChI is InChI=1S/C29H26N3OSi.C15H28O2.Ir/c1-16-14-19-11-13-22-25(30-15-31-26(22)24(19)18(3)28(16)34(4,5)6)23-9-7-8-20-21-12-10-17(2)32-29(21)33-27(20)23;1-7-14(5,8-2)12(16)11-13(17)15(6,9-3)10-4;/h7-8,10-15H,1-6H3;11,16H,7-10H2,1-6H3;/q-1;;/b;12-11-;. The van der Waals surface area contributed by atoms with Gasteiger partial charge in [0.1, 0.15) is 12.1 Å². The Balaban J connectivity index is 0.000000289. The van der Waals surface area contributed by atoms with E-state index >= 15 is 0 Å². The van der Waals surface area contributed by atoms with Crippen molar-refractivity contribution in [1.82, 2.24) is 15.0 Å². The number of hydrogen-bond donors (Lipinski definition) is 1. The zero-order valence-corrected chi connectivity index (χ0v) is 36.4. The Morgan fingerprint density at radius 2 is 1.52 bits per heavy atom. The van der Waals surface area contributed by atoms with E-state index in [1.54, 1.807) is 6.33 Å². The maximum absolute atomic E-state index is 12.2. The largest absolute Gasteiger partial charge is 0.512 e. The second-order valence-electron chi connectivity index (χ2n) is 15.7. The van der Waals surface area contributed by atoms with E-state index in [1.165, 1.54) is 33.2 Å². The molecule has 0 bridgehead atoms. The summed E-state index contributed by atoms with van der Waals surface area (Å²) in [5.74, 6) is 0.286. The van der Waals surface area contributed by atoms with Gasteiger partial charge in [0.2, 0.25) is 5.71 Å². The van der Waals surface area contributed by atoms with E-state index in [4.69, 9.17) is 14.4 Å². The van der Waals surface area contributed by atoms with Crippen LogP contribution in [0.3, 0.4) is 0 Å². The normalized spacial score (nSPS) is 12.7. The summed E-state index contributed by atoms with van der Waals surface area (Å²) in [5.41, 5.74) is 7.11. The number of pyridine rings is 1. The number of rotatable bonds is 9. The average Bonchev–Trinajstić information content (AvgIpc) is 3.47. The molecule has 3 aromatic carbocycles. The molecule has 1 N–H and O–H groups in total. The van der Waals surface area contributed by atoms with Crippen LogP contribution in [0, 0.1) is 37.7 Å². The minimum Gasteiger partial charge on any atom is -0.512 e. The summed E-state index contributed by atoms with van der Waals surface area (Å²) in [6.07, 6.45) is 6.42. The Hall–Kier alpha value is -3.71. The SMILES string of the molecule is CCC(C)(CC)C(=O)/C=C(\O)C(C)(CC)CC.Cc1ccc2c(n1)oc1c(-c3ncnc4c3ccc3cc(C)c([Si](C)(C)C)c(C)c34)[c-]ccc12.[Ir]. The van der Waals surface area contributed by atoms with Gasteiger partial charge >= 0.3 is 0 Å². The maximum Gasteiger partial charge on any atom is 0.216 e. The van der Waals surface area contributed by atoms with E-state index < -0.39 is 8.07 Å². The molecule has 3 heterocycles. The smallest absolute Gasteiger partial charge is 0.216 e. The first kappa shape index (κ1) is 41.0. The van der Waals surface area contributed by atoms with Gasteiger partial charge in [-0.3, -0.25) is 9.78 Å². The molecule has 8 heteroatoms. The summed E-state index contributed by atoms with van der Waals surface area (Å²) in [4.78, 5) is 26.3. The molecule has 6 aromatic rings. The Labute approximate surface area is 323 Å². The molecular formula is C44H54IrN3O3Si-. The van der Waals surface area contributed by atoms with Gasteiger partial charge in [0.05, 0.1) is 19.2 Å². The Morgan fingerprint density at radius 1 is 0.885 bits per heavy atom. The number of aliphatic hydroxyl groups is 1. The van der Waals surface area contributed by atoms with Crippen molar-refractivity contribution in [2.24, 2.45) is 10.8 Å². The maximum atomic E-state index is 12.2. The minimum absolute atomic E-state index is 0. The molecule has 52 heavy (non-hydrogen) atoms. The first-order valence-electron chi connectivity index (χ1n) is 18.4. The number of ketones is 1. The van der Waals surface area contributed by atoms with Crippen LogP contribution in [0.2, 0.25) is 19.6 Å². The van der Waals surface area contributed by atoms with Crippen LogP contribution >= 0.6 is 0 Å². The number of furan rings is 1. The predicted octanol–water partition coefficient (Wildman–Crippen LogP) is 11.7. The molecule has 0 aliphatic heterocycles. The van der Waals surface area contributed by atoms with Crippen LogP contribution in [0.1, 0.15) is 84.0 Å². The number of benzene rings is 3. The van der Waals surface area contributed by atoms with Crippen molar-refractivity contribution in [3.63, 3.8) is 0 Å². The van der Waals surface area contributed by atoms with Crippen LogP contribution in [-0.4, -0.2) is 33.9 Å².